The van der Waals surface area contributed by atoms with E-state index in [0.717, 1.165) is 18.7 Å². The second kappa shape index (κ2) is 15.9. The number of fused-ring (bicyclic) bond motifs is 2. The third-order valence-corrected chi connectivity index (χ3v) is 10.1. The molecule has 0 saturated heterocycles. The number of rotatable bonds is 11. The fourth-order valence-corrected chi connectivity index (χ4v) is 7.56. The fraction of sp³-hybridized carbons (Fsp3) is 0.400. The molecule has 0 fully saturated rings. The van der Waals surface area contributed by atoms with Crippen LogP contribution in [0.3, 0.4) is 0 Å². The Morgan fingerprint density at radius 2 is 1.76 bits per heavy atom. The first kappa shape index (κ1) is 42.4. The minimum atomic E-state index is -5.07. The van der Waals surface area contributed by atoms with Gasteiger partial charge < -0.3 is 21.3 Å². The molecule has 0 bridgehead atoms. The van der Waals surface area contributed by atoms with Crippen molar-refractivity contribution in [2.45, 2.75) is 69.8 Å². The molecule has 1 aliphatic carbocycles. The van der Waals surface area contributed by atoms with Crippen molar-refractivity contribution in [2.75, 3.05) is 32.9 Å². The maximum absolute atomic E-state index is 15.2. The molecule has 0 aliphatic heterocycles. The number of carbonyl (C=O) groups excluding carboxylic acids is 1. The van der Waals surface area contributed by atoms with Crippen molar-refractivity contribution in [3.8, 4) is 23.0 Å². The van der Waals surface area contributed by atoms with Crippen LogP contribution in [-0.4, -0.2) is 68.1 Å². The fourth-order valence-electron chi connectivity index (χ4n) is 7.31. The second-order valence-corrected chi connectivity index (χ2v) is 15.6. The van der Waals surface area contributed by atoms with Gasteiger partial charge in [-0.1, -0.05) is 30.5 Å². The number of anilines is 1. The largest absolute Gasteiger partial charge is 0.435 e. The van der Waals surface area contributed by atoms with Crippen molar-refractivity contribution in [1.29, 1.82) is 0 Å². The number of aryl methyl sites for hydroxylation is 1. The quantitative estimate of drug-likeness (QED) is 0.0942. The van der Waals surface area contributed by atoms with Gasteiger partial charge in [0.1, 0.15) is 29.6 Å². The van der Waals surface area contributed by atoms with Gasteiger partial charge in [-0.05, 0) is 82.1 Å². The number of nitrogens with zero attached hydrogens (tertiary/aromatic N) is 6. The van der Waals surface area contributed by atoms with Crippen molar-refractivity contribution in [2.24, 2.45) is 7.05 Å². The van der Waals surface area contributed by atoms with Gasteiger partial charge in [0.25, 0.3) is 5.92 Å². The molecule has 10 nitrogen and oxygen atoms in total. The molecule has 5 aromatic rings. The minimum absolute atomic E-state index is 0.0731. The lowest BCUT2D eigenvalue weighted by atomic mass is 9.93. The summed E-state index contributed by atoms with van der Waals surface area (Å²) in [5, 5.41) is 14.6. The van der Waals surface area contributed by atoms with Crippen LogP contribution in [-0.2, 0) is 36.9 Å². The number of aromatic nitrogens is 5. The first-order valence-electron chi connectivity index (χ1n) is 18.2. The summed E-state index contributed by atoms with van der Waals surface area (Å²) in [6, 6.07) is 8.06. The van der Waals surface area contributed by atoms with Crippen LogP contribution in [0.1, 0.15) is 73.1 Å². The molecule has 3 aromatic heterocycles. The summed E-state index contributed by atoms with van der Waals surface area (Å²) >= 11 is 6.55. The third-order valence-electron chi connectivity index (χ3n) is 9.79. The molecule has 308 valence electrons. The molecule has 1 aliphatic rings. The lowest BCUT2D eigenvalue weighted by Gasteiger charge is -2.23. The summed E-state index contributed by atoms with van der Waals surface area (Å²) in [5.74, 6) is -1.40. The van der Waals surface area contributed by atoms with E-state index in [1.54, 1.807) is 31.3 Å². The molecule has 1 amide bonds. The number of hydrogen-bond donors (Lipinski definition) is 3. The number of carbonyl (C=O) groups is 1. The molecular formula is C40H41ClF7N9O. The van der Waals surface area contributed by atoms with Crippen LogP contribution in [0.5, 0.6) is 0 Å². The van der Waals surface area contributed by atoms with E-state index < -0.39 is 77.1 Å². The van der Waals surface area contributed by atoms with Gasteiger partial charge in [0, 0.05) is 49.3 Å². The van der Waals surface area contributed by atoms with Crippen molar-refractivity contribution >= 4 is 34.2 Å². The van der Waals surface area contributed by atoms with E-state index in [-0.39, 0.29) is 29.2 Å². The number of amides is 1. The number of pyridine rings is 1. The van der Waals surface area contributed by atoms with Gasteiger partial charge >= 0.3 is 6.18 Å². The van der Waals surface area contributed by atoms with E-state index in [1.807, 2.05) is 32.8 Å². The first-order valence-corrected chi connectivity index (χ1v) is 18.6. The highest BCUT2D eigenvalue weighted by atomic mass is 35.5. The zero-order chi connectivity index (χ0) is 42.5. The molecule has 4 N–H and O–H groups in total. The average Bonchev–Trinajstić information content (AvgIpc) is 3.72. The zero-order valence-corrected chi connectivity index (χ0v) is 33.2. The summed E-state index contributed by atoms with van der Waals surface area (Å²) in [6.45, 7) is 5.32. The normalized spacial score (nSPS) is 15.7. The Morgan fingerprint density at radius 1 is 1.09 bits per heavy atom. The van der Waals surface area contributed by atoms with Crippen molar-refractivity contribution in [3.63, 3.8) is 0 Å². The number of nitrogens with one attached hydrogen (secondary N) is 2. The molecule has 0 spiro atoms. The van der Waals surface area contributed by atoms with Crippen LogP contribution in [0, 0.1) is 23.5 Å². The van der Waals surface area contributed by atoms with Gasteiger partial charge in [-0.15, -0.1) is 0 Å². The van der Waals surface area contributed by atoms with Crippen LogP contribution >= 0.6 is 11.6 Å². The van der Waals surface area contributed by atoms with Gasteiger partial charge in [0.05, 0.1) is 33.2 Å². The summed E-state index contributed by atoms with van der Waals surface area (Å²) in [7, 11) is 5.51. The van der Waals surface area contributed by atoms with Crippen molar-refractivity contribution < 1.29 is 35.5 Å². The highest BCUT2D eigenvalue weighted by molar-refractivity contribution is 6.37. The van der Waals surface area contributed by atoms with E-state index in [1.165, 1.54) is 11.6 Å². The standard InChI is InChI=1S/C40H41ClF7N9O/c1-21-19-39(44,45)36-31(21)35(40(46,47)48)53-57(36)20-30(58)52-29(17-22-15-23(42)18-24(43)16-22)33-26(27-9-10-28(41)32-34(27)56(6)54-37(32)49)8-7-25(51-33)11-12-38(2,3)50-13-14-55(4)5/h7-10,15-16,18,21,29,50H,13-14,17,19-20H2,1-6H3,(H2,49,54)(H,52,58)/t21-,29-/m0/s1. The minimum Gasteiger partial charge on any atom is -0.382 e. The number of nitrogen functional groups attached to an aromatic ring is 1. The average molecular weight is 832 g/mol. The molecule has 58 heavy (non-hydrogen) atoms. The number of nitrogens with two attached hydrogens (primary N) is 1. The van der Waals surface area contributed by atoms with E-state index >= 15 is 8.78 Å². The van der Waals surface area contributed by atoms with Crippen LogP contribution in [0.4, 0.5) is 36.6 Å². The summed E-state index contributed by atoms with van der Waals surface area (Å²) in [6.07, 6.45) is -6.27. The van der Waals surface area contributed by atoms with Gasteiger partial charge in [0.15, 0.2) is 11.5 Å². The molecule has 0 unspecified atom stereocenters. The molecule has 3 heterocycles. The van der Waals surface area contributed by atoms with Crippen LogP contribution < -0.4 is 16.4 Å². The van der Waals surface area contributed by atoms with Crippen molar-refractivity contribution in [3.05, 3.63) is 93.0 Å². The van der Waals surface area contributed by atoms with E-state index in [0.29, 0.717) is 44.3 Å². The van der Waals surface area contributed by atoms with E-state index in [2.05, 4.69) is 32.7 Å². The van der Waals surface area contributed by atoms with E-state index in [4.69, 9.17) is 22.3 Å². The van der Waals surface area contributed by atoms with E-state index in [9.17, 15) is 26.7 Å². The summed E-state index contributed by atoms with van der Waals surface area (Å²) in [4.78, 5) is 20.8. The Hall–Kier alpha value is -5.18. The number of likely N-dealkylation sites (N-methyl/N-ethyl adjacent to an activating group) is 1. The lowest BCUT2D eigenvalue weighted by molar-refractivity contribution is -0.142. The topological polar surface area (TPSA) is 119 Å². The molecule has 18 heteroatoms. The number of hydrogen-bond acceptors (Lipinski definition) is 7. The monoisotopic (exact) mass is 831 g/mol. The summed E-state index contributed by atoms with van der Waals surface area (Å²) < 4.78 is 104. The van der Waals surface area contributed by atoms with Gasteiger partial charge in [-0.2, -0.15) is 32.1 Å². The maximum Gasteiger partial charge on any atom is 0.435 e. The van der Waals surface area contributed by atoms with Crippen LogP contribution in [0.2, 0.25) is 5.02 Å². The van der Waals surface area contributed by atoms with Crippen LogP contribution in [0.25, 0.3) is 22.0 Å². The smallest absolute Gasteiger partial charge is 0.382 e. The predicted octanol–water partition coefficient (Wildman–Crippen LogP) is 7.34. The third kappa shape index (κ3) is 8.93. The molecule has 0 saturated carbocycles. The Morgan fingerprint density at radius 3 is 2.41 bits per heavy atom. The molecular weight excluding hydrogens is 791 g/mol. The number of alkyl halides is 5. The Kier molecular flexibility index (Phi) is 11.6. The van der Waals surface area contributed by atoms with Gasteiger partial charge in [0.2, 0.25) is 5.91 Å². The zero-order valence-electron chi connectivity index (χ0n) is 32.4. The molecule has 2 atom stereocenters. The van der Waals surface area contributed by atoms with Crippen molar-refractivity contribution in [1.82, 2.24) is 40.1 Å². The highest BCUT2D eigenvalue weighted by Gasteiger charge is 2.53. The summed E-state index contributed by atoms with van der Waals surface area (Å²) in [5.41, 5.74) is 4.13. The molecule has 6 rings (SSSR count). The Labute approximate surface area is 334 Å². The highest BCUT2D eigenvalue weighted by Crippen LogP contribution is 2.52. The van der Waals surface area contributed by atoms with Gasteiger partial charge in [-0.3, -0.25) is 14.2 Å². The maximum atomic E-state index is 15.2. The van der Waals surface area contributed by atoms with Crippen LogP contribution in [0.15, 0.2) is 42.5 Å². The van der Waals surface area contributed by atoms with Gasteiger partial charge in [-0.25, -0.2) is 13.8 Å². The number of benzene rings is 2. The SMILES string of the molecule is C[C@H]1CC(F)(F)c2c1c(C(F)(F)F)nn2CC(=O)N[C@@H](Cc1cc(F)cc(F)c1)c1nc(C#CC(C)(C)NCCN(C)C)ccc1-c1ccc(Cl)c2c(N)nn(C)c12. The second-order valence-electron chi connectivity index (χ2n) is 15.2. The first-order chi connectivity index (χ1) is 27.0. The Balaban J connectivity index is 1.50. The predicted molar refractivity (Wildman–Crippen MR) is 206 cm³/mol. The molecule has 2 aromatic carbocycles. The number of halogens is 8. The lowest BCUT2D eigenvalue weighted by Crippen LogP contribution is -2.41. The molecule has 0 radical (unpaired) electrons. The Bertz CT molecular complexity index is 2430.